The zero-order valence-electron chi connectivity index (χ0n) is 14.4. The molecule has 1 aromatic carbocycles. The second-order valence-electron chi connectivity index (χ2n) is 7.20. The summed E-state index contributed by atoms with van der Waals surface area (Å²) in [5, 5.41) is 8.58. The van der Waals surface area contributed by atoms with Crippen LogP contribution in [0.15, 0.2) is 18.2 Å². The van der Waals surface area contributed by atoms with Crippen molar-refractivity contribution < 1.29 is 9.53 Å². The van der Waals surface area contributed by atoms with Gasteiger partial charge in [0.05, 0.1) is 16.7 Å². The predicted molar refractivity (Wildman–Crippen MR) is 87.8 cm³/mol. The molecule has 1 aromatic heterocycles. The number of aryl methyl sites for hydroxylation is 2. The van der Waals surface area contributed by atoms with E-state index in [4.69, 9.17) is 4.74 Å². The van der Waals surface area contributed by atoms with Crippen LogP contribution in [-0.4, -0.2) is 21.5 Å². The highest BCUT2D eigenvalue weighted by molar-refractivity contribution is 5.86. The summed E-state index contributed by atoms with van der Waals surface area (Å²) in [7, 11) is 1.92. The van der Waals surface area contributed by atoms with Crippen molar-refractivity contribution in [1.29, 1.82) is 0 Å². The number of para-hydroxylation sites is 1. The topological polar surface area (TPSA) is 56.1 Å². The van der Waals surface area contributed by atoms with Crippen LogP contribution in [-0.2, 0) is 17.3 Å². The van der Waals surface area contributed by atoms with Crippen molar-refractivity contribution in [2.45, 2.75) is 52.7 Å². The maximum Gasteiger partial charge on any atom is 0.408 e. The van der Waals surface area contributed by atoms with Crippen LogP contribution in [0.2, 0.25) is 0 Å². The second kappa shape index (κ2) is 5.30. The largest absolute Gasteiger partial charge is 0.444 e. The lowest BCUT2D eigenvalue weighted by Gasteiger charge is -2.27. The van der Waals surface area contributed by atoms with Gasteiger partial charge in [0.25, 0.3) is 0 Å². The number of carbonyl (C=O) groups excluding carboxylic acids is 1. The molecule has 0 radical (unpaired) electrons. The lowest BCUT2D eigenvalue weighted by molar-refractivity contribution is 0.0469. The number of alkyl carbamates (subject to hydrolysis) is 1. The summed E-state index contributed by atoms with van der Waals surface area (Å²) >= 11 is 0. The van der Waals surface area contributed by atoms with Crippen LogP contribution in [0.4, 0.5) is 4.79 Å². The molecule has 5 nitrogen and oxygen atoms in total. The highest BCUT2D eigenvalue weighted by Gasteiger charge is 2.30. The van der Waals surface area contributed by atoms with Crippen molar-refractivity contribution in [3.63, 3.8) is 0 Å². The number of nitrogens with one attached hydrogen (secondary N) is 1. The van der Waals surface area contributed by atoms with Gasteiger partial charge in [-0.15, -0.1) is 0 Å². The van der Waals surface area contributed by atoms with Crippen LogP contribution in [0.1, 0.15) is 45.9 Å². The van der Waals surface area contributed by atoms with Crippen LogP contribution in [0.5, 0.6) is 0 Å². The molecule has 0 saturated heterocycles. The standard InChI is InChI=1S/C17H25N3O2/c1-11-9-8-10-12-13(11)20(7)19-14(12)17(5,6)18-15(21)22-16(2,3)4/h8-10H,1-7H3,(H,18,21). The van der Waals surface area contributed by atoms with Gasteiger partial charge < -0.3 is 10.1 Å². The third-order valence-electron chi connectivity index (χ3n) is 3.47. The van der Waals surface area contributed by atoms with Gasteiger partial charge in [0.1, 0.15) is 5.60 Å². The molecule has 2 rings (SSSR count). The molecule has 0 atom stereocenters. The van der Waals surface area contributed by atoms with Gasteiger partial charge in [-0.1, -0.05) is 18.2 Å². The van der Waals surface area contributed by atoms with E-state index in [1.807, 2.05) is 58.5 Å². The first-order valence-corrected chi connectivity index (χ1v) is 7.45. The summed E-state index contributed by atoms with van der Waals surface area (Å²) in [6.07, 6.45) is -0.441. The van der Waals surface area contributed by atoms with E-state index < -0.39 is 17.2 Å². The molecule has 0 bridgehead atoms. The quantitative estimate of drug-likeness (QED) is 0.921. The first kappa shape index (κ1) is 16.3. The molecule has 0 aliphatic rings. The van der Waals surface area contributed by atoms with E-state index in [1.54, 1.807) is 0 Å². The molecule has 0 fully saturated rings. The van der Waals surface area contributed by atoms with Crippen LogP contribution < -0.4 is 5.32 Å². The molecule has 120 valence electrons. The van der Waals surface area contributed by atoms with Crippen LogP contribution in [0, 0.1) is 6.92 Å². The minimum absolute atomic E-state index is 0.441. The summed E-state index contributed by atoms with van der Waals surface area (Å²) in [4.78, 5) is 12.1. The Hall–Kier alpha value is -2.04. The Balaban J connectivity index is 2.38. The summed E-state index contributed by atoms with van der Waals surface area (Å²) in [5.41, 5.74) is 1.92. The van der Waals surface area contributed by atoms with E-state index in [1.165, 1.54) is 0 Å². The molecule has 0 aliphatic carbocycles. The van der Waals surface area contributed by atoms with E-state index in [0.717, 1.165) is 22.2 Å². The van der Waals surface area contributed by atoms with Gasteiger partial charge in [-0.3, -0.25) is 4.68 Å². The second-order valence-corrected chi connectivity index (χ2v) is 7.20. The molecule has 0 saturated carbocycles. The molecule has 1 heterocycles. The molecule has 2 aromatic rings. The first-order chi connectivity index (χ1) is 10.0. The Bertz CT molecular complexity index is 708. The Labute approximate surface area is 131 Å². The van der Waals surface area contributed by atoms with Crippen molar-refractivity contribution in [1.82, 2.24) is 15.1 Å². The van der Waals surface area contributed by atoms with Gasteiger partial charge in [-0.25, -0.2) is 4.79 Å². The molecule has 1 N–H and O–H groups in total. The Morgan fingerprint density at radius 3 is 2.45 bits per heavy atom. The smallest absolute Gasteiger partial charge is 0.408 e. The molecule has 0 unspecified atom stereocenters. The molecule has 0 spiro atoms. The van der Waals surface area contributed by atoms with Gasteiger partial charge in [-0.2, -0.15) is 5.10 Å². The maximum atomic E-state index is 12.1. The lowest BCUT2D eigenvalue weighted by Crippen LogP contribution is -2.44. The average molecular weight is 303 g/mol. The van der Waals surface area contributed by atoms with Gasteiger partial charge in [0.15, 0.2) is 0 Å². The Morgan fingerprint density at radius 2 is 1.86 bits per heavy atom. The van der Waals surface area contributed by atoms with Crippen LogP contribution >= 0.6 is 0 Å². The normalized spacial score (nSPS) is 12.5. The van der Waals surface area contributed by atoms with Gasteiger partial charge in [0.2, 0.25) is 0 Å². The highest BCUT2D eigenvalue weighted by Crippen LogP contribution is 2.29. The van der Waals surface area contributed by atoms with E-state index in [2.05, 4.69) is 23.4 Å². The van der Waals surface area contributed by atoms with E-state index in [-0.39, 0.29) is 0 Å². The predicted octanol–water partition coefficient (Wildman–Crippen LogP) is 3.64. The monoisotopic (exact) mass is 303 g/mol. The lowest BCUT2D eigenvalue weighted by atomic mass is 9.96. The molecule has 5 heteroatoms. The molecular formula is C17H25N3O2. The summed E-state index contributed by atoms with van der Waals surface area (Å²) in [6.45, 7) is 11.5. The number of amides is 1. The third kappa shape index (κ3) is 3.24. The molecular weight excluding hydrogens is 278 g/mol. The third-order valence-corrected chi connectivity index (χ3v) is 3.47. The SMILES string of the molecule is Cc1cccc2c(C(C)(C)NC(=O)OC(C)(C)C)nn(C)c12. The van der Waals surface area contributed by atoms with Gasteiger partial charge >= 0.3 is 6.09 Å². The molecule has 0 aliphatic heterocycles. The van der Waals surface area contributed by atoms with Gasteiger partial charge in [0, 0.05) is 12.4 Å². The fourth-order valence-corrected chi connectivity index (χ4v) is 2.61. The van der Waals surface area contributed by atoms with Crippen molar-refractivity contribution >= 4 is 17.0 Å². The number of carbonyl (C=O) groups is 1. The minimum atomic E-state index is -0.629. The van der Waals surface area contributed by atoms with Crippen molar-refractivity contribution in [2.75, 3.05) is 0 Å². The first-order valence-electron chi connectivity index (χ1n) is 7.45. The minimum Gasteiger partial charge on any atom is -0.444 e. The Morgan fingerprint density at radius 1 is 1.23 bits per heavy atom. The maximum absolute atomic E-state index is 12.1. The molecule has 1 amide bonds. The summed E-state index contributed by atoms with van der Waals surface area (Å²) in [6, 6.07) is 6.09. The Kier molecular flexibility index (Phi) is 3.94. The zero-order chi connectivity index (χ0) is 16.7. The van der Waals surface area contributed by atoms with Crippen LogP contribution in [0.3, 0.4) is 0 Å². The number of aromatic nitrogens is 2. The molecule has 22 heavy (non-hydrogen) atoms. The van der Waals surface area contributed by atoms with Gasteiger partial charge in [-0.05, 0) is 47.1 Å². The van der Waals surface area contributed by atoms with E-state index in [9.17, 15) is 4.79 Å². The number of ether oxygens (including phenoxy) is 1. The average Bonchev–Trinajstić information content (AvgIpc) is 2.65. The number of hydrogen-bond acceptors (Lipinski definition) is 3. The number of hydrogen-bond donors (Lipinski definition) is 1. The number of rotatable bonds is 2. The summed E-state index contributed by atoms with van der Waals surface area (Å²) < 4.78 is 7.21. The number of fused-ring (bicyclic) bond motifs is 1. The van der Waals surface area contributed by atoms with Crippen molar-refractivity contribution in [3.05, 3.63) is 29.5 Å². The van der Waals surface area contributed by atoms with Crippen LogP contribution in [0.25, 0.3) is 10.9 Å². The fourth-order valence-electron chi connectivity index (χ4n) is 2.61. The van der Waals surface area contributed by atoms with E-state index >= 15 is 0 Å². The number of nitrogens with zero attached hydrogens (tertiary/aromatic N) is 2. The summed E-state index contributed by atoms with van der Waals surface area (Å²) in [5.74, 6) is 0. The zero-order valence-corrected chi connectivity index (χ0v) is 14.4. The van der Waals surface area contributed by atoms with Crippen molar-refractivity contribution in [3.8, 4) is 0 Å². The van der Waals surface area contributed by atoms with E-state index in [0.29, 0.717) is 0 Å². The fraction of sp³-hybridized carbons (Fsp3) is 0.529. The van der Waals surface area contributed by atoms with Crippen molar-refractivity contribution in [2.24, 2.45) is 7.05 Å². The number of benzene rings is 1. The highest BCUT2D eigenvalue weighted by atomic mass is 16.6.